The molecule has 0 amide bonds. The molecule has 1 aliphatic rings. The van der Waals surface area contributed by atoms with Gasteiger partial charge in [0.15, 0.2) is 0 Å². The summed E-state index contributed by atoms with van der Waals surface area (Å²) in [7, 11) is 2.06. The van der Waals surface area contributed by atoms with Crippen LogP contribution >= 0.6 is 0 Å². The van der Waals surface area contributed by atoms with Gasteiger partial charge in [0.2, 0.25) is 0 Å². The van der Waals surface area contributed by atoms with Gasteiger partial charge in [0.1, 0.15) is 0 Å². The first kappa shape index (κ1) is 13.0. The standard InChI is InChI=1S/C13H28N2/c1-12(2)6-5-8-15-9-7-13(3,11-15)10-14-4/h12,14H,5-11H2,1-4H3. The van der Waals surface area contributed by atoms with E-state index in [0.29, 0.717) is 5.41 Å². The number of likely N-dealkylation sites (tertiary alicyclic amines) is 1. The van der Waals surface area contributed by atoms with E-state index in [9.17, 15) is 0 Å². The predicted molar refractivity (Wildman–Crippen MR) is 67.2 cm³/mol. The lowest BCUT2D eigenvalue weighted by molar-refractivity contribution is 0.264. The van der Waals surface area contributed by atoms with Crippen LogP contribution in [0.5, 0.6) is 0 Å². The summed E-state index contributed by atoms with van der Waals surface area (Å²) in [4.78, 5) is 2.64. The molecule has 1 aliphatic heterocycles. The van der Waals surface area contributed by atoms with Crippen LogP contribution in [0.3, 0.4) is 0 Å². The van der Waals surface area contributed by atoms with Crippen molar-refractivity contribution < 1.29 is 0 Å². The molecule has 0 saturated carbocycles. The minimum absolute atomic E-state index is 0.520. The number of nitrogens with zero attached hydrogens (tertiary/aromatic N) is 1. The second-order valence-corrected chi connectivity index (χ2v) is 5.90. The van der Waals surface area contributed by atoms with Gasteiger partial charge < -0.3 is 10.2 Å². The first-order valence-electron chi connectivity index (χ1n) is 6.43. The predicted octanol–water partition coefficient (Wildman–Crippen LogP) is 2.35. The van der Waals surface area contributed by atoms with Gasteiger partial charge in [-0.1, -0.05) is 20.8 Å². The molecule has 0 radical (unpaired) electrons. The van der Waals surface area contributed by atoms with Crippen molar-refractivity contribution in [3.63, 3.8) is 0 Å². The zero-order valence-electron chi connectivity index (χ0n) is 11.0. The molecule has 2 heteroatoms. The highest BCUT2D eigenvalue weighted by molar-refractivity contribution is 4.87. The molecule has 0 bridgehead atoms. The van der Waals surface area contributed by atoms with Gasteiger partial charge in [0.05, 0.1) is 0 Å². The molecule has 0 aromatic rings. The zero-order chi connectivity index (χ0) is 11.3. The summed E-state index contributed by atoms with van der Waals surface area (Å²) < 4.78 is 0. The molecule has 1 N–H and O–H groups in total. The summed E-state index contributed by atoms with van der Waals surface area (Å²) in [5, 5.41) is 3.32. The molecule has 0 aromatic heterocycles. The summed E-state index contributed by atoms with van der Waals surface area (Å²) in [6.45, 7) is 12.1. The maximum Gasteiger partial charge on any atom is 0.00480 e. The molecule has 1 rings (SSSR count). The quantitative estimate of drug-likeness (QED) is 0.727. The molecule has 15 heavy (non-hydrogen) atoms. The Hall–Kier alpha value is -0.0800. The normalized spacial score (nSPS) is 27.8. The monoisotopic (exact) mass is 212 g/mol. The van der Waals surface area contributed by atoms with Crippen LogP contribution in [0.25, 0.3) is 0 Å². The van der Waals surface area contributed by atoms with Crippen LogP contribution in [0.15, 0.2) is 0 Å². The molecule has 1 saturated heterocycles. The average molecular weight is 212 g/mol. The Bertz CT molecular complexity index is 179. The van der Waals surface area contributed by atoms with Gasteiger partial charge in [0.25, 0.3) is 0 Å². The largest absolute Gasteiger partial charge is 0.319 e. The SMILES string of the molecule is CNCC1(C)CCN(CCCC(C)C)C1. The first-order chi connectivity index (χ1) is 7.06. The van der Waals surface area contributed by atoms with E-state index in [1.54, 1.807) is 0 Å². The van der Waals surface area contributed by atoms with Crippen molar-refractivity contribution in [3.05, 3.63) is 0 Å². The van der Waals surface area contributed by atoms with Crippen LogP contribution in [-0.2, 0) is 0 Å². The molecule has 2 nitrogen and oxygen atoms in total. The summed E-state index contributed by atoms with van der Waals surface area (Å²) in [5.74, 6) is 0.858. The number of nitrogens with one attached hydrogen (secondary N) is 1. The molecular weight excluding hydrogens is 184 g/mol. The average Bonchev–Trinajstić information content (AvgIpc) is 2.47. The van der Waals surface area contributed by atoms with Crippen molar-refractivity contribution in [2.45, 2.75) is 40.0 Å². The van der Waals surface area contributed by atoms with Crippen molar-refractivity contribution in [2.24, 2.45) is 11.3 Å². The summed E-state index contributed by atoms with van der Waals surface area (Å²) >= 11 is 0. The smallest absolute Gasteiger partial charge is 0.00480 e. The van der Waals surface area contributed by atoms with Gasteiger partial charge in [-0.05, 0) is 50.7 Å². The van der Waals surface area contributed by atoms with Crippen LogP contribution in [0.1, 0.15) is 40.0 Å². The van der Waals surface area contributed by atoms with Crippen molar-refractivity contribution in [1.29, 1.82) is 0 Å². The number of hydrogen-bond donors (Lipinski definition) is 1. The molecule has 1 fully saturated rings. The summed E-state index contributed by atoms with van der Waals surface area (Å²) in [5.41, 5.74) is 0.520. The lowest BCUT2D eigenvalue weighted by Gasteiger charge is -2.24. The minimum atomic E-state index is 0.520. The van der Waals surface area contributed by atoms with Crippen molar-refractivity contribution in [2.75, 3.05) is 33.2 Å². The summed E-state index contributed by atoms with van der Waals surface area (Å²) in [6.07, 6.45) is 4.10. The number of hydrogen-bond acceptors (Lipinski definition) is 2. The van der Waals surface area contributed by atoms with Crippen LogP contribution in [-0.4, -0.2) is 38.1 Å². The third-order valence-corrected chi connectivity index (χ3v) is 3.50. The van der Waals surface area contributed by atoms with E-state index in [1.165, 1.54) is 38.9 Å². The van der Waals surface area contributed by atoms with E-state index < -0.39 is 0 Å². The maximum atomic E-state index is 3.32. The highest BCUT2D eigenvalue weighted by Gasteiger charge is 2.32. The van der Waals surface area contributed by atoms with Crippen molar-refractivity contribution in [1.82, 2.24) is 10.2 Å². The molecule has 0 aliphatic carbocycles. The highest BCUT2D eigenvalue weighted by atomic mass is 15.2. The third-order valence-electron chi connectivity index (χ3n) is 3.50. The first-order valence-corrected chi connectivity index (χ1v) is 6.43. The van der Waals surface area contributed by atoms with Gasteiger partial charge in [0, 0.05) is 13.1 Å². The third kappa shape index (κ3) is 4.52. The topological polar surface area (TPSA) is 15.3 Å². The second kappa shape index (κ2) is 5.86. The Morgan fingerprint density at radius 3 is 2.73 bits per heavy atom. The van der Waals surface area contributed by atoms with E-state index in [0.717, 1.165) is 12.5 Å². The van der Waals surface area contributed by atoms with E-state index in [4.69, 9.17) is 0 Å². The van der Waals surface area contributed by atoms with E-state index in [-0.39, 0.29) is 0 Å². The van der Waals surface area contributed by atoms with Gasteiger partial charge in [-0.3, -0.25) is 0 Å². The van der Waals surface area contributed by atoms with Crippen molar-refractivity contribution >= 4 is 0 Å². The van der Waals surface area contributed by atoms with Crippen LogP contribution in [0.2, 0.25) is 0 Å². The zero-order valence-corrected chi connectivity index (χ0v) is 11.0. The molecule has 1 unspecified atom stereocenters. The Balaban J connectivity index is 2.18. The number of rotatable bonds is 6. The van der Waals surface area contributed by atoms with Crippen LogP contribution in [0, 0.1) is 11.3 Å². The second-order valence-electron chi connectivity index (χ2n) is 5.90. The van der Waals surface area contributed by atoms with E-state index in [1.807, 2.05) is 0 Å². The van der Waals surface area contributed by atoms with Gasteiger partial charge in [-0.25, -0.2) is 0 Å². The molecule has 90 valence electrons. The highest BCUT2D eigenvalue weighted by Crippen LogP contribution is 2.29. The fraction of sp³-hybridized carbons (Fsp3) is 1.00. The Labute approximate surface area is 95.4 Å². The van der Waals surface area contributed by atoms with E-state index in [2.05, 4.69) is 38.0 Å². The molecule has 0 spiro atoms. The molecule has 0 aromatic carbocycles. The van der Waals surface area contributed by atoms with Gasteiger partial charge in [-0.15, -0.1) is 0 Å². The Morgan fingerprint density at radius 1 is 1.40 bits per heavy atom. The lowest BCUT2D eigenvalue weighted by Crippen LogP contribution is -2.33. The van der Waals surface area contributed by atoms with E-state index >= 15 is 0 Å². The van der Waals surface area contributed by atoms with Crippen molar-refractivity contribution in [3.8, 4) is 0 Å². The molecule has 1 atom stereocenters. The van der Waals surface area contributed by atoms with Gasteiger partial charge in [-0.2, -0.15) is 0 Å². The minimum Gasteiger partial charge on any atom is -0.319 e. The fourth-order valence-corrected chi connectivity index (χ4v) is 2.61. The van der Waals surface area contributed by atoms with Crippen LogP contribution < -0.4 is 5.32 Å². The molecular formula is C13H28N2. The van der Waals surface area contributed by atoms with Crippen LogP contribution in [0.4, 0.5) is 0 Å². The Morgan fingerprint density at radius 2 is 2.13 bits per heavy atom. The maximum absolute atomic E-state index is 3.32. The molecule has 1 heterocycles. The Kier molecular flexibility index (Phi) is 5.07. The van der Waals surface area contributed by atoms with Gasteiger partial charge >= 0.3 is 0 Å². The lowest BCUT2D eigenvalue weighted by atomic mass is 9.90. The summed E-state index contributed by atoms with van der Waals surface area (Å²) in [6, 6.07) is 0. The fourth-order valence-electron chi connectivity index (χ4n) is 2.61.